The molecule has 0 saturated carbocycles. The van der Waals surface area contributed by atoms with E-state index in [1.807, 2.05) is 6.20 Å². The molecule has 0 amide bonds. The Morgan fingerprint density at radius 1 is 0.967 bits per heavy atom. The predicted molar refractivity (Wildman–Crippen MR) is 126 cm³/mol. The van der Waals surface area contributed by atoms with Gasteiger partial charge >= 0.3 is 0 Å². The maximum atomic E-state index is 13.5. The number of piperazine rings is 1. The molecule has 0 radical (unpaired) electrons. The number of aryl methyl sites for hydroxylation is 1. The zero-order valence-electron chi connectivity index (χ0n) is 16.6. The summed E-state index contributed by atoms with van der Waals surface area (Å²) < 4.78 is 19.1. The SMILES string of the molecule is Cl.Cl.Fc1ccc2occ(CCCN3CCN(c4cccc5[nH]ccc45)CC3)c2c1. The topological polar surface area (TPSA) is 35.4 Å². The maximum Gasteiger partial charge on any atom is 0.134 e. The van der Waals surface area contributed by atoms with E-state index in [0.29, 0.717) is 0 Å². The molecular formula is C23H26Cl2FN3O. The molecule has 0 atom stereocenters. The number of hydrogen-bond donors (Lipinski definition) is 1. The molecule has 4 nitrogen and oxygen atoms in total. The molecule has 0 bridgehead atoms. The lowest BCUT2D eigenvalue weighted by Gasteiger charge is -2.36. The van der Waals surface area contributed by atoms with Crippen LogP contribution in [0.3, 0.4) is 0 Å². The Labute approximate surface area is 187 Å². The number of hydrogen-bond acceptors (Lipinski definition) is 3. The Kier molecular flexibility index (Phi) is 7.29. The van der Waals surface area contributed by atoms with Crippen molar-refractivity contribution in [2.75, 3.05) is 37.6 Å². The highest BCUT2D eigenvalue weighted by Gasteiger charge is 2.18. The minimum absolute atomic E-state index is 0. The molecule has 4 aromatic rings. The van der Waals surface area contributed by atoms with Crippen molar-refractivity contribution in [1.82, 2.24) is 9.88 Å². The first-order chi connectivity index (χ1) is 13.8. The first-order valence-electron chi connectivity index (χ1n) is 9.97. The van der Waals surface area contributed by atoms with E-state index in [4.69, 9.17) is 4.42 Å². The van der Waals surface area contributed by atoms with Crippen LogP contribution < -0.4 is 4.90 Å². The lowest BCUT2D eigenvalue weighted by atomic mass is 10.1. The van der Waals surface area contributed by atoms with E-state index >= 15 is 0 Å². The van der Waals surface area contributed by atoms with Crippen molar-refractivity contribution < 1.29 is 8.81 Å². The number of furan rings is 1. The van der Waals surface area contributed by atoms with Crippen LogP contribution in [-0.2, 0) is 6.42 Å². The zero-order chi connectivity index (χ0) is 18.9. The minimum Gasteiger partial charge on any atom is -0.464 e. The van der Waals surface area contributed by atoms with Gasteiger partial charge in [0.25, 0.3) is 0 Å². The van der Waals surface area contributed by atoms with Crippen molar-refractivity contribution in [1.29, 1.82) is 0 Å². The molecule has 5 rings (SSSR count). The number of aromatic amines is 1. The molecule has 1 aliphatic rings. The molecule has 2 aromatic carbocycles. The van der Waals surface area contributed by atoms with Gasteiger partial charge in [-0.25, -0.2) is 4.39 Å². The molecule has 1 fully saturated rings. The van der Waals surface area contributed by atoms with Crippen molar-refractivity contribution in [2.45, 2.75) is 12.8 Å². The van der Waals surface area contributed by atoms with E-state index in [0.717, 1.165) is 62.1 Å². The first kappa shape index (κ1) is 22.5. The second kappa shape index (κ2) is 9.73. The van der Waals surface area contributed by atoms with Crippen molar-refractivity contribution >= 4 is 52.4 Å². The van der Waals surface area contributed by atoms with Gasteiger partial charge in [-0.1, -0.05) is 6.07 Å². The summed E-state index contributed by atoms with van der Waals surface area (Å²) in [6.07, 6.45) is 5.76. The van der Waals surface area contributed by atoms with Crippen LogP contribution in [0.2, 0.25) is 0 Å². The van der Waals surface area contributed by atoms with E-state index in [1.54, 1.807) is 18.4 Å². The molecule has 2 aromatic heterocycles. The van der Waals surface area contributed by atoms with Crippen LogP contribution in [0.1, 0.15) is 12.0 Å². The summed E-state index contributed by atoms with van der Waals surface area (Å²) in [4.78, 5) is 8.31. The number of H-pyrrole nitrogens is 1. The first-order valence-corrected chi connectivity index (χ1v) is 9.97. The second-order valence-electron chi connectivity index (χ2n) is 7.55. The summed E-state index contributed by atoms with van der Waals surface area (Å²) in [5.41, 5.74) is 4.39. The van der Waals surface area contributed by atoms with Crippen LogP contribution in [0, 0.1) is 5.82 Å². The van der Waals surface area contributed by atoms with Crippen LogP contribution in [-0.4, -0.2) is 42.6 Å². The second-order valence-corrected chi connectivity index (χ2v) is 7.55. The van der Waals surface area contributed by atoms with Gasteiger partial charge in [0.15, 0.2) is 0 Å². The van der Waals surface area contributed by atoms with E-state index in [1.165, 1.54) is 22.7 Å². The Morgan fingerprint density at radius 2 is 1.80 bits per heavy atom. The molecule has 160 valence electrons. The van der Waals surface area contributed by atoms with Gasteiger partial charge in [-0.2, -0.15) is 0 Å². The number of aromatic nitrogens is 1. The summed E-state index contributed by atoms with van der Waals surface area (Å²) in [6, 6.07) is 13.4. The van der Waals surface area contributed by atoms with Gasteiger partial charge in [0, 0.05) is 54.4 Å². The number of halogens is 3. The molecule has 3 heterocycles. The van der Waals surface area contributed by atoms with Crippen LogP contribution in [0.25, 0.3) is 21.9 Å². The summed E-state index contributed by atoms with van der Waals surface area (Å²) in [5.74, 6) is -0.205. The Morgan fingerprint density at radius 3 is 2.63 bits per heavy atom. The smallest absolute Gasteiger partial charge is 0.134 e. The molecule has 30 heavy (non-hydrogen) atoms. The van der Waals surface area contributed by atoms with Crippen molar-refractivity contribution in [3.8, 4) is 0 Å². The Balaban J connectivity index is 0.00000128. The molecule has 0 unspecified atom stereocenters. The van der Waals surface area contributed by atoms with Crippen LogP contribution in [0.5, 0.6) is 0 Å². The third kappa shape index (κ3) is 4.43. The summed E-state index contributed by atoms with van der Waals surface area (Å²) >= 11 is 0. The fourth-order valence-corrected chi connectivity index (χ4v) is 4.30. The van der Waals surface area contributed by atoms with Crippen LogP contribution >= 0.6 is 24.8 Å². The average molecular weight is 450 g/mol. The molecule has 0 aliphatic carbocycles. The standard InChI is InChI=1S/C23H24FN3O.2ClH/c24-18-6-7-23-20(15-18)17(16-28-23)3-2-10-26-11-13-27(14-12-26)22-5-1-4-21-19(22)8-9-25-21;;/h1,4-9,15-16,25H,2-3,10-14H2;2*1H. The third-order valence-electron chi connectivity index (χ3n) is 5.82. The van der Waals surface area contributed by atoms with Gasteiger partial charge in [0.05, 0.1) is 6.26 Å². The third-order valence-corrected chi connectivity index (χ3v) is 5.82. The predicted octanol–water partition coefficient (Wildman–Crippen LogP) is 5.65. The molecule has 1 N–H and O–H groups in total. The fraction of sp³-hybridized carbons (Fsp3) is 0.304. The van der Waals surface area contributed by atoms with Crippen LogP contribution in [0.4, 0.5) is 10.1 Å². The zero-order valence-corrected chi connectivity index (χ0v) is 18.3. The number of nitrogens with one attached hydrogen (secondary N) is 1. The number of anilines is 1. The van der Waals surface area contributed by atoms with Gasteiger partial charge in [-0.05, 0) is 61.3 Å². The Hall–Kier alpha value is -2.21. The van der Waals surface area contributed by atoms with Gasteiger partial charge in [0.1, 0.15) is 11.4 Å². The van der Waals surface area contributed by atoms with E-state index in [-0.39, 0.29) is 30.6 Å². The van der Waals surface area contributed by atoms with E-state index < -0.39 is 0 Å². The fourth-order valence-electron chi connectivity index (χ4n) is 4.30. The quantitative estimate of drug-likeness (QED) is 0.427. The highest BCUT2D eigenvalue weighted by Crippen LogP contribution is 2.27. The molecule has 1 aliphatic heterocycles. The number of benzene rings is 2. The summed E-state index contributed by atoms with van der Waals surface area (Å²) in [5, 5.41) is 2.21. The summed E-state index contributed by atoms with van der Waals surface area (Å²) in [6.45, 7) is 5.29. The highest BCUT2D eigenvalue weighted by molar-refractivity contribution is 5.92. The lowest BCUT2D eigenvalue weighted by Crippen LogP contribution is -2.46. The normalized spacial score (nSPS) is 14.6. The summed E-state index contributed by atoms with van der Waals surface area (Å²) in [7, 11) is 0. The molecular weight excluding hydrogens is 424 g/mol. The van der Waals surface area contributed by atoms with Gasteiger partial charge in [-0.3, -0.25) is 4.90 Å². The highest BCUT2D eigenvalue weighted by atomic mass is 35.5. The lowest BCUT2D eigenvalue weighted by molar-refractivity contribution is 0.255. The average Bonchev–Trinajstić information content (AvgIpc) is 3.35. The molecule has 0 spiro atoms. The van der Waals surface area contributed by atoms with Gasteiger partial charge in [0.2, 0.25) is 0 Å². The largest absolute Gasteiger partial charge is 0.464 e. The van der Waals surface area contributed by atoms with Crippen molar-refractivity contribution in [3.63, 3.8) is 0 Å². The Bertz CT molecular complexity index is 1100. The van der Waals surface area contributed by atoms with Crippen molar-refractivity contribution in [2.24, 2.45) is 0 Å². The molecule has 1 saturated heterocycles. The van der Waals surface area contributed by atoms with Gasteiger partial charge in [-0.15, -0.1) is 24.8 Å². The maximum absolute atomic E-state index is 13.5. The number of fused-ring (bicyclic) bond motifs is 2. The minimum atomic E-state index is -0.205. The van der Waals surface area contributed by atoms with Gasteiger partial charge < -0.3 is 14.3 Å². The monoisotopic (exact) mass is 449 g/mol. The number of rotatable bonds is 5. The number of nitrogens with zero attached hydrogens (tertiary/aromatic N) is 2. The van der Waals surface area contributed by atoms with Crippen LogP contribution in [0.15, 0.2) is 59.3 Å². The molecule has 7 heteroatoms. The van der Waals surface area contributed by atoms with Crippen molar-refractivity contribution in [3.05, 3.63) is 66.3 Å². The van der Waals surface area contributed by atoms with E-state index in [2.05, 4.69) is 39.0 Å². The van der Waals surface area contributed by atoms with E-state index in [9.17, 15) is 4.39 Å².